The van der Waals surface area contributed by atoms with Crippen LogP contribution in [0.25, 0.3) is 0 Å². The van der Waals surface area contributed by atoms with Crippen LogP contribution < -0.4 is 5.32 Å². The molecule has 0 bridgehead atoms. The molecule has 0 aliphatic carbocycles. The van der Waals surface area contributed by atoms with E-state index in [9.17, 15) is 22.8 Å². The van der Waals surface area contributed by atoms with Crippen molar-refractivity contribution in [3.8, 4) is 0 Å². The molecule has 0 aromatic carbocycles. The van der Waals surface area contributed by atoms with Gasteiger partial charge in [0.2, 0.25) is 5.82 Å². The van der Waals surface area contributed by atoms with Gasteiger partial charge >= 0.3 is 18.1 Å². The summed E-state index contributed by atoms with van der Waals surface area (Å²) in [6, 6.07) is 0. The Bertz CT molecular complexity index is 398. The van der Waals surface area contributed by atoms with Crippen molar-refractivity contribution in [2.75, 3.05) is 5.32 Å². The Morgan fingerprint density at radius 2 is 2.07 bits per heavy atom. The number of aromatic amines is 1. The van der Waals surface area contributed by atoms with E-state index in [1.54, 1.807) is 0 Å². The van der Waals surface area contributed by atoms with Crippen molar-refractivity contribution in [2.24, 2.45) is 0 Å². The smallest absolute Gasteiger partial charge is 0.471 e. The molecule has 1 rings (SSSR count). The molecule has 3 N–H and O–H groups in total. The molecule has 0 aliphatic heterocycles. The first-order valence-corrected chi connectivity index (χ1v) is 3.47. The third-order valence-electron chi connectivity index (χ3n) is 1.28. The monoisotopic (exact) mass is 223 g/mol. The second-order valence-corrected chi connectivity index (χ2v) is 2.40. The predicted molar refractivity (Wildman–Crippen MR) is 40.2 cm³/mol. The van der Waals surface area contributed by atoms with E-state index in [2.05, 4.69) is 4.98 Å². The Labute approximate surface area is 80.1 Å². The lowest BCUT2D eigenvalue weighted by molar-refractivity contribution is -0.167. The number of hydrogen-bond acceptors (Lipinski definition) is 3. The number of hydrogen-bond donors (Lipinski definition) is 3. The van der Waals surface area contributed by atoms with E-state index in [1.165, 1.54) is 5.32 Å². The van der Waals surface area contributed by atoms with E-state index in [1.807, 2.05) is 4.98 Å². The summed E-state index contributed by atoms with van der Waals surface area (Å²) in [5.74, 6) is -4.65. The molecule has 0 spiro atoms. The SMILES string of the molecule is O=C(O)c1ncc(NC(=O)C(F)(F)F)[nH]1. The molecule has 82 valence electrons. The van der Waals surface area contributed by atoms with Crippen LogP contribution in [0.4, 0.5) is 19.0 Å². The highest BCUT2D eigenvalue weighted by molar-refractivity contribution is 5.94. The van der Waals surface area contributed by atoms with E-state index >= 15 is 0 Å². The molecule has 1 aromatic heterocycles. The van der Waals surface area contributed by atoms with Crippen molar-refractivity contribution in [1.29, 1.82) is 0 Å². The number of nitrogens with zero attached hydrogens (tertiary/aromatic N) is 1. The van der Waals surface area contributed by atoms with Gasteiger partial charge in [-0.1, -0.05) is 0 Å². The average Bonchev–Trinajstić information content (AvgIpc) is 2.50. The highest BCUT2D eigenvalue weighted by Crippen LogP contribution is 2.17. The number of amides is 1. The lowest BCUT2D eigenvalue weighted by Gasteiger charge is -2.04. The fraction of sp³-hybridized carbons (Fsp3) is 0.167. The molecular weight excluding hydrogens is 219 g/mol. The van der Waals surface area contributed by atoms with Crippen LogP contribution in [0.3, 0.4) is 0 Å². The van der Waals surface area contributed by atoms with E-state index in [4.69, 9.17) is 5.11 Å². The number of carbonyl (C=O) groups excluding carboxylic acids is 1. The summed E-state index contributed by atoms with van der Waals surface area (Å²) < 4.78 is 35.2. The highest BCUT2D eigenvalue weighted by Gasteiger charge is 2.39. The summed E-state index contributed by atoms with van der Waals surface area (Å²) in [4.78, 5) is 25.8. The van der Waals surface area contributed by atoms with Crippen LogP contribution in [0, 0.1) is 0 Å². The van der Waals surface area contributed by atoms with Crippen molar-refractivity contribution in [2.45, 2.75) is 6.18 Å². The second-order valence-electron chi connectivity index (χ2n) is 2.40. The molecule has 0 saturated carbocycles. The quantitative estimate of drug-likeness (QED) is 0.684. The molecule has 0 saturated heterocycles. The summed E-state index contributed by atoms with van der Waals surface area (Å²) >= 11 is 0. The Hall–Kier alpha value is -2.06. The minimum absolute atomic E-state index is 0.435. The first-order valence-electron chi connectivity index (χ1n) is 3.47. The third-order valence-corrected chi connectivity index (χ3v) is 1.28. The zero-order valence-electron chi connectivity index (χ0n) is 6.92. The maximum Gasteiger partial charge on any atom is 0.471 e. The van der Waals surface area contributed by atoms with Gasteiger partial charge in [0.25, 0.3) is 0 Å². The Morgan fingerprint density at radius 3 is 2.47 bits per heavy atom. The number of aromatic nitrogens is 2. The fourth-order valence-electron chi connectivity index (χ4n) is 0.687. The number of carbonyl (C=O) groups is 2. The van der Waals surface area contributed by atoms with E-state index in [-0.39, 0.29) is 0 Å². The number of rotatable bonds is 2. The summed E-state index contributed by atoms with van der Waals surface area (Å²) in [6.45, 7) is 0. The molecule has 0 aliphatic rings. The molecule has 1 amide bonds. The van der Waals surface area contributed by atoms with E-state index < -0.39 is 29.7 Å². The van der Waals surface area contributed by atoms with Gasteiger partial charge < -0.3 is 15.4 Å². The number of imidazole rings is 1. The molecule has 15 heavy (non-hydrogen) atoms. The van der Waals surface area contributed by atoms with Crippen LogP contribution >= 0.6 is 0 Å². The van der Waals surface area contributed by atoms with E-state index in [0.717, 1.165) is 6.20 Å². The number of H-pyrrole nitrogens is 1. The Morgan fingerprint density at radius 1 is 1.47 bits per heavy atom. The molecule has 0 unspecified atom stereocenters. The molecule has 1 aromatic rings. The van der Waals surface area contributed by atoms with Gasteiger partial charge in [-0.15, -0.1) is 0 Å². The minimum Gasteiger partial charge on any atom is -0.475 e. The van der Waals surface area contributed by atoms with E-state index in [0.29, 0.717) is 0 Å². The molecule has 6 nitrogen and oxygen atoms in total. The van der Waals surface area contributed by atoms with Gasteiger partial charge in [0.05, 0.1) is 6.20 Å². The lowest BCUT2D eigenvalue weighted by Crippen LogP contribution is -2.30. The van der Waals surface area contributed by atoms with Gasteiger partial charge in [0.1, 0.15) is 5.82 Å². The van der Waals surface area contributed by atoms with Gasteiger partial charge in [-0.05, 0) is 0 Å². The summed E-state index contributed by atoms with van der Waals surface area (Å²) in [7, 11) is 0. The van der Waals surface area contributed by atoms with Crippen LogP contribution in [0.1, 0.15) is 10.6 Å². The minimum atomic E-state index is -5.03. The first kappa shape index (κ1) is 11.0. The van der Waals surface area contributed by atoms with Crippen LogP contribution in [-0.2, 0) is 4.79 Å². The molecule has 1 heterocycles. The number of carboxylic acids is 1. The molecule has 0 fully saturated rings. The number of carboxylic acid groups (broad SMARTS) is 1. The summed E-state index contributed by atoms with van der Waals surface area (Å²) in [5.41, 5.74) is 0. The van der Waals surface area contributed by atoms with Gasteiger partial charge in [-0.3, -0.25) is 4.79 Å². The van der Waals surface area contributed by atoms with Crippen LogP contribution in [-0.4, -0.2) is 33.1 Å². The largest absolute Gasteiger partial charge is 0.475 e. The van der Waals surface area contributed by atoms with Crippen LogP contribution in [0.2, 0.25) is 0 Å². The number of anilines is 1. The van der Waals surface area contributed by atoms with Crippen molar-refractivity contribution in [3.63, 3.8) is 0 Å². The second kappa shape index (κ2) is 3.59. The normalized spacial score (nSPS) is 11.1. The number of aromatic carboxylic acids is 1. The summed E-state index contributed by atoms with van der Waals surface area (Å²) in [6.07, 6.45) is -4.26. The first-order chi connectivity index (χ1) is 6.80. The Kier molecular flexibility index (Phi) is 2.64. The molecular formula is C6H4F3N3O3. The van der Waals surface area contributed by atoms with Gasteiger partial charge in [0, 0.05) is 0 Å². The van der Waals surface area contributed by atoms with Crippen molar-refractivity contribution in [1.82, 2.24) is 9.97 Å². The van der Waals surface area contributed by atoms with Crippen molar-refractivity contribution >= 4 is 17.7 Å². The molecule has 0 radical (unpaired) electrons. The van der Waals surface area contributed by atoms with Crippen molar-refractivity contribution in [3.05, 3.63) is 12.0 Å². The van der Waals surface area contributed by atoms with Gasteiger partial charge in [-0.2, -0.15) is 13.2 Å². The highest BCUT2D eigenvalue weighted by atomic mass is 19.4. The van der Waals surface area contributed by atoms with Gasteiger partial charge in [-0.25, -0.2) is 9.78 Å². The number of halogens is 3. The third kappa shape index (κ3) is 2.69. The molecule has 0 atom stereocenters. The van der Waals surface area contributed by atoms with Gasteiger partial charge in [0.15, 0.2) is 0 Å². The lowest BCUT2D eigenvalue weighted by atomic mass is 10.5. The Balaban J connectivity index is 2.74. The fourth-order valence-corrected chi connectivity index (χ4v) is 0.687. The van der Waals surface area contributed by atoms with Crippen LogP contribution in [0.5, 0.6) is 0 Å². The summed E-state index contributed by atoms with van der Waals surface area (Å²) in [5, 5.41) is 9.78. The van der Waals surface area contributed by atoms with Crippen molar-refractivity contribution < 1.29 is 27.9 Å². The maximum absolute atomic E-state index is 11.7. The topological polar surface area (TPSA) is 95.1 Å². The standard InChI is InChI=1S/C6H4F3N3O3/c7-6(8,9)5(15)12-2-1-10-3(11-2)4(13)14/h1H,(H,10,11)(H,12,15)(H,13,14). The number of alkyl halides is 3. The maximum atomic E-state index is 11.7. The average molecular weight is 223 g/mol. The zero-order chi connectivity index (χ0) is 11.6. The van der Waals surface area contributed by atoms with Crippen LogP contribution in [0.15, 0.2) is 6.20 Å². The zero-order valence-corrected chi connectivity index (χ0v) is 6.92. The predicted octanol–water partition coefficient (Wildman–Crippen LogP) is 0.609. The molecule has 9 heteroatoms. The number of nitrogens with one attached hydrogen (secondary N) is 2.